The molecule has 0 saturated carbocycles. The summed E-state index contributed by atoms with van der Waals surface area (Å²) in [5, 5.41) is 2.91. The number of carbonyl (C=O) groups excluding carboxylic acids is 3. The van der Waals surface area contributed by atoms with E-state index in [9.17, 15) is 14.4 Å². The maximum Gasteiger partial charge on any atom is 0.312 e. The zero-order valence-corrected chi connectivity index (χ0v) is 16.2. The molecule has 4 amide bonds. The highest BCUT2D eigenvalue weighted by molar-refractivity contribution is 6.30. The van der Waals surface area contributed by atoms with Crippen LogP contribution >= 0.6 is 11.6 Å². The van der Waals surface area contributed by atoms with Gasteiger partial charge < -0.3 is 15.8 Å². The Morgan fingerprint density at radius 1 is 1.04 bits per heavy atom. The molecule has 0 aromatic heterocycles. The van der Waals surface area contributed by atoms with Crippen LogP contribution in [-0.4, -0.2) is 30.0 Å². The van der Waals surface area contributed by atoms with Crippen molar-refractivity contribution in [2.24, 2.45) is 11.7 Å². The number of ether oxygens (including phenoxy) is 1. The van der Waals surface area contributed by atoms with Crippen molar-refractivity contribution < 1.29 is 19.1 Å². The van der Waals surface area contributed by atoms with Gasteiger partial charge in [-0.1, -0.05) is 25.4 Å². The molecule has 0 spiro atoms. The zero-order valence-electron chi connectivity index (χ0n) is 15.5. The molecular weight excluding hydrogens is 360 g/mol. The van der Waals surface area contributed by atoms with E-state index in [0.29, 0.717) is 10.8 Å². The highest BCUT2D eigenvalue weighted by Gasteiger charge is 2.25. The number of nitrogens with one attached hydrogen (secondary N) is 3. The molecule has 0 aliphatic heterocycles. The molecule has 8 nitrogen and oxygen atoms in total. The van der Waals surface area contributed by atoms with Crippen molar-refractivity contribution in [3.63, 3.8) is 0 Å². The topological polar surface area (TPSA) is 123 Å². The molecule has 144 valence electrons. The van der Waals surface area contributed by atoms with Crippen LogP contribution in [0.25, 0.3) is 0 Å². The van der Waals surface area contributed by atoms with E-state index < -0.39 is 30.0 Å². The molecule has 0 aliphatic carbocycles. The number of rotatable bonds is 6. The number of hydrogen-bond donors (Lipinski definition) is 4. The molecule has 0 bridgehead atoms. The van der Waals surface area contributed by atoms with Crippen LogP contribution in [0.1, 0.15) is 31.9 Å². The number of benzene rings is 1. The van der Waals surface area contributed by atoms with Crippen molar-refractivity contribution in [1.29, 1.82) is 0 Å². The molecule has 0 unspecified atom stereocenters. The Labute approximate surface area is 157 Å². The lowest BCUT2D eigenvalue weighted by atomic mass is 10.0. The summed E-state index contributed by atoms with van der Waals surface area (Å²) < 4.78 is 5.69. The number of primary amides is 1. The van der Waals surface area contributed by atoms with E-state index in [0.717, 1.165) is 11.1 Å². The third-order valence-electron chi connectivity index (χ3n) is 3.64. The van der Waals surface area contributed by atoms with Gasteiger partial charge in [0, 0.05) is 5.02 Å². The fourth-order valence-corrected chi connectivity index (χ4v) is 2.63. The molecule has 0 fully saturated rings. The second-order valence-electron chi connectivity index (χ2n) is 6.34. The molecule has 1 aromatic rings. The molecule has 0 saturated heterocycles. The Morgan fingerprint density at radius 3 is 2.00 bits per heavy atom. The first kappa shape index (κ1) is 21.6. The maximum absolute atomic E-state index is 12.2. The Hall–Kier alpha value is -2.48. The Balaban J connectivity index is 2.67. The average molecular weight is 385 g/mol. The molecule has 1 aromatic carbocycles. The summed E-state index contributed by atoms with van der Waals surface area (Å²) >= 11 is 5.98. The van der Waals surface area contributed by atoms with E-state index in [1.807, 2.05) is 13.8 Å². The molecule has 0 heterocycles. The predicted octanol–water partition coefficient (Wildman–Crippen LogP) is 1.56. The maximum atomic E-state index is 12.2. The lowest BCUT2D eigenvalue weighted by Gasteiger charge is -2.22. The SMILES string of the molecule is Cc1cc(Cl)cc(C)c1O[C@@H](C)C(=O)NNC(=O)[C@H](NC(N)=O)C(C)C. The monoisotopic (exact) mass is 384 g/mol. The lowest BCUT2D eigenvalue weighted by Crippen LogP contribution is -2.56. The highest BCUT2D eigenvalue weighted by atomic mass is 35.5. The van der Waals surface area contributed by atoms with Gasteiger partial charge in [0.15, 0.2) is 6.10 Å². The van der Waals surface area contributed by atoms with E-state index in [1.165, 1.54) is 0 Å². The number of halogens is 1. The van der Waals surface area contributed by atoms with Gasteiger partial charge in [0.2, 0.25) is 0 Å². The van der Waals surface area contributed by atoms with E-state index in [2.05, 4.69) is 16.2 Å². The van der Waals surface area contributed by atoms with Crippen LogP contribution in [0.2, 0.25) is 5.02 Å². The molecule has 5 N–H and O–H groups in total. The van der Waals surface area contributed by atoms with Crippen LogP contribution in [-0.2, 0) is 9.59 Å². The normalized spacial score (nSPS) is 12.9. The van der Waals surface area contributed by atoms with Crippen LogP contribution in [0, 0.1) is 19.8 Å². The van der Waals surface area contributed by atoms with Gasteiger partial charge in [0.25, 0.3) is 11.8 Å². The van der Waals surface area contributed by atoms with Crippen molar-refractivity contribution in [2.45, 2.75) is 46.8 Å². The summed E-state index contributed by atoms with van der Waals surface area (Å²) in [5.41, 5.74) is 11.2. The van der Waals surface area contributed by atoms with Gasteiger partial charge in [0.1, 0.15) is 11.8 Å². The summed E-state index contributed by atoms with van der Waals surface area (Å²) in [6.45, 7) is 8.67. The summed E-state index contributed by atoms with van der Waals surface area (Å²) in [6, 6.07) is 1.78. The quantitative estimate of drug-likeness (QED) is 0.556. The van der Waals surface area contributed by atoms with Crippen molar-refractivity contribution in [3.8, 4) is 5.75 Å². The lowest BCUT2D eigenvalue weighted by molar-refractivity contribution is -0.133. The van der Waals surface area contributed by atoms with Crippen LogP contribution in [0.4, 0.5) is 4.79 Å². The van der Waals surface area contributed by atoms with Crippen molar-refractivity contribution >= 4 is 29.4 Å². The molecule has 1 rings (SSSR count). The molecule has 0 radical (unpaired) electrons. The van der Waals surface area contributed by atoms with Gasteiger partial charge in [0.05, 0.1) is 0 Å². The molecule has 2 atom stereocenters. The summed E-state index contributed by atoms with van der Waals surface area (Å²) in [7, 11) is 0. The predicted molar refractivity (Wildman–Crippen MR) is 98.6 cm³/mol. The smallest absolute Gasteiger partial charge is 0.312 e. The fraction of sp³-hybridized carbons (Fsp3) is 0.471. The number of hydrogen-bond acceptors (Lipinski definition) is 4. The largest absolute Gasteiger partial charge is 0.480 e. The first-order valence-electron chi connectivity index (χ1n) is 8.12. The van der Waals surface area contributed by atoms with Crippen molar-refractivity contribution in [3.05, 3.63) is 28.3 Å². The van der Waals surface area contributed by atoms with E-state index in [1.54, 1.807) is 32.9 Å². The minimum Gasteiger partial charge on any atom is -0.480 e. The van der Waals surface area contributed by atoms with Crippen molar-refractivity contribution in [2.75, 3.05) is 0 Å². The first-order valence-corrected chi connectivity index (χ1v) is 8.49. The van der Waals surface area contributed by atoms with Gasteiger partial charge in [-0.15, -0.1) is 0 Å². The van der Waals surface area contributed by atoms with Gasteiger partial charge >= 0.3 is 6.03 Å². The fourth-order valence-electron chi connectivity index (χ4n) is 2.30. The molecular formula is C17H25ClN4O4. The van der Waals surface area contributed by atoms with Crippen LogP contribution in [0.3, 0.4) is 0 Å². The van der Waals surface area contributed by atoms with Crippen LogP contribution < -0.4 is 26.6 Å². The summed E-state index contributed by atoms with van der Waals surface area (Å²) in [4.78, 5) is 35.2. The number of aryl methyl sites for hydroxylation is 2. The van der Waals surface area contributed by atoms with Crippen LogP contribution in [0.15, 0.2) is 12.1 Å². The Bertz CT molecular complexity index is 670. The van der Waals surface area contributed by atoms with Gasteiger partial charge in [-0.25, -0.2) is 4.79 Å². The zero-order chi connectivity index (χ0) is 20.0. The number of amides is 4. The number of nitrogens with two attached hydrogens (primary N) is 1. The van der Waals surface area contributed by atoms with Gasteiger partial charge in [-0.2, -0.15) is 0 Å². The molecule has 26 heavy (non-hydrogen) atoms. The molecule has 9 heteroatoms. The third kappa shape index (κ3) is 6.11. The third-order valence-corrected chi connectivity index (χ3v) is 3.86. The van der Waals surface area contributed by atoms with E-state index in [-0.39, 0.29) is 5.92 Å². The second kappa shape index (κ2) is 9.28. The second-order valence-corrected chi connectivity index (χ2v) is 6.77. The van der Waals surface area contributed by atoms with E-state index in [4.69, 9.17) is 22.1 Å². The minimum atomic E-state index is -0.871. The number of urea groups is 1. The summed E-state index contributed by atoms with van der Waals surface area (Å²) in [5.74, 6) is -0.793. The Morgan fingerprint density at radius 2 is 1.54 bits per heavy atom. The van der Waals surface area contributed by atoms with Gasteiger partial charge in [-0.05, 0) is 49.9 Å². The minimum absolute atomic E-state index is 0.215. The standard InChI is InChI=1S/C17H25ClN4O4/c1-8(2)13(20-17(19)25)16(24)22-21-15(23)11(5)26-14-9(3)6-12(18)7-10(14)4/h6-8,11,13H,1-5H3,(H,21,23)(H,22,24)(H3,19,20,25)/t11-,13+/m0/s1. The number of carbonyl (C=O) groups is 3. The summed E-state index contributed by atoms with van der Waals surface area (Å²) in [6.07, 6.45) is -0.865. The average Bonchev–Trinajstić information content (AvgIpc) is 2.52. The first-order chi connectivity index (χ1) is 12.0. The Kier molecular flexibility index (Phi) is 7.70. The van der Waals surface area contributed by atoms with Crippen molar-refractivity contribution in [1.82, 2.24) is 16.2 Å². The highest BCUT2D eigenvalue weighted by Crippen LogP contribution is 2.27. The van der Waals surface area contributed by atoms with Gasteiger partial charge in [-0.3, -0.25) is 20.4 Å². The van der Waals surface area contributed by atoms with E-state index >= 15 is 0 Å². The number of hydrazine groups is 1. The molecule has 0 aliphatic rings. The van der Waals surface area contributed by atoms with Crippen LogP contribution in [0.5, 0.6) is 5.75 Å².